The largest absolute Gasteiger partial charge is 0.416 e. The first-order valence-electron chi connectivity index (χ1n) is 10.3. The van der Waals surface area contributed by atoms with Crippen LogP contribution < -0.4 is 11.1 Å². The van der Waals surface area contributed by atoms with E-state index in [0.717, 1.165) is 24.5 Å². The monoisotopic (exact) mass is 408 g/mol. The molecule has 4 atom stereocenters. The Morgan fingerprint density at radius 1 is 0.800 bits per heavy atom. The van der Waals surface area contributed by atoms with Crippen molar-refractivity contribution < 1.29 is 13.2 Å². The fourth-order valence-corrected chi connectivity index (χ4v) is 4.64. The van der Waals surface area contributed by atoms with Gasteiger partial charge < -0.3 is 11.1 Å². The first kappa shape index (κ1) is 19.3. The van der Waals surface area contributed by atoms with Gasteiger partial charge in [-0.05, 0) is 52.8 Å². The lowest BCUT2D eigenvalue weighted by Gasteiger charge is -2.14. The van der Waals surface area contributed by atoms with E-state index in [9.17, 15) is 13.2 Å². The molecule has 0 aromatic heterocycles. The average molecular weight is 408 g/mol. The van der Waals surface area contributed by atoms with Gasteiger partial charge in [0, 0.05) is 24.0 Å². The molecule has 30 heavy (non-hydrogen) atoms. The fourth-order valence-electron chi connectivity index (χ4n) is 4.64. The first-order chi connectivity index (χ1) is 14.4. The number of hydrogen-bond donors (Lipinski definition) is 2. The molecule has 0 bridgehead atoms. The molecule has 1 fully saturated rings. The highest BCUT2D eigenvalue weighted by Gasteiger charge is 2.41. The Hall–Kier alpha value is -2.63. The van der Waals surface area contributed by atoms with Gasteiger partial charge in [-0.1, -0.05) is 60.7 Å². The Kier molecular flexibility index (Phi) is 4.68. The normalized spacial score (nSPS) is 25.2. The second-order valence-corrected chi connectivity index (χ2v) is 8.34. The molecule has 1 saturated carbocycles. The lowest BCUT2D eigenvalue weighted by atomic mass is 10.00. The first-order valence-corrected chi connectivity index (χ1v) is 10.3. The van der Waals surface area contributed by atoms with Gasteiger partial charge in [-0.3, -0.25) is 0 Å². The molecule has 3 aromatic rings. The number of halogens is 3. The van der Waals surface area contributed by atoms with Crippen molar-refractivity contribution >= 4 is 0 Å². The van der Waals surface area contributed by atoms with E-state index in [1.54, 1.807) is 6.07 Å². The zero-order chi connectivity index (χ0) is 20.9. The van der Waals surface area contributed by atoms with Gasteiger partial charge in [-0.25, -0.2) is 0 Å². The highest BCUT2D eigenvalue weighted by Crippen LogP contribution is 2.45. The van der Waals surface area contributed by atoms with Crippen molar-refractivity contribution in [2.75, 3.05) is 0 Å². The van der Waals surface area contributed by atoms with Crippen molar-refractivity contribution in [3.63, 3.8) is 0 Å². The van der Waals surface area contributed by atoms with Crippen LogP contribution in [0.25, 0.3) is 11.1 Å². The van der Waals surface area contributed by atoms with Gasteiger partial charge in [0.2, 0.25) is 0 Å². The lowest BCUT2D eigenvalue weighted by Crippen LogP contribution is -2.23. The summed E-state index contributed by atoms with van der Waals surface area (Å²) < 4.78 is 38.9. The second kappa shape index (κ2) is 7.25. The maximum Gasteiger partial charge on any atom is 0.416 e. The van der Waals surface area contributed by atoms with Gasteiger partial charge >= 0.3 is 6.18 Å². The third-order valence-electron chi connectivity index (χ3n) is 6.33. The summed E-state index contributed by atoms with van der Waals surface area (Å²) in [7, 11) is 0. The van der Waals surface area contributed by atoms with Gasteiger partial charge in [-0.15, -0.1) is 0 Å². The van der Waals surface area contributed by atoms with Crippen molar-refractivity contribution in [1.29, 1.82) is 0 Å². The highest BCUT2D eigenvalue weighted by atomic mass is 19.4. The van der Waals surface area contributed by atoms with E-state index in [1.165, 1.54) is 28.8 Å². The summed E-state index contributed by atoms with van der Waals surface area (Å²) in [6.45, 7) is 0. The van der Waals surface area contributed by atoms with Crippen molar-refractivity contribution in [1.82, 2.24) is 5.32 Å². The predicted molar refractivity (Wildman–Crippen MR) is 112 cm³/mol. The molecule has 2 aliphatic carbocycles. The van der Waals surface area contributed by atoms with Crippen LogP contribution in [0.2, 0.25) is 0 Å². The molecule has 3 N–H and O–H groups in total. The topological polar surface area (TPSA) is 38.0 Å². The molecule has 3 aromatic carbocycles. The van der Waals surface area contributed by atoms with E-state index >= 15 is 0 Å². The van der Waals surface area contributed by atoms with Gasteiger partial charge in [0.25, 0.3) is 0 Å². The number of nitrogens with one attached hydrogen (secondary N) is 1. The molecular formula is C25H23F3N2. The summed E-state index contributed by atoms with van der Waals surface area (Å²) in [6.07, 6.45) is -2.35. The quantitative estimate of drug-likeness (QED) is 0.559. The molecule has 2 unspecified atom stereocenters. The van der Waals surface area contributed by atoms with Crippen molar-refractivity contribution in [2.45, 2.75) is 43.1 Å². The SMILES string of the molecule is NC1CC(N[C@@H]2C[C@H]2c2ccc(-c3cccc(C(F)(F)F)c3)cc2)c2ccccc21. The van der Waals surface area contributed by atoms with E-state index in [1.807, 2.05) is 30.3 Å². The molecule has 0 heterocycles. The van der Waals surface area contributed by atoms with Crippen LogP contribution in [-0.4, -0.2) is 6.04 Å². The molecule has 0 aliphatic heterocycles. The van der Waals surface area contributed by atoms with Gasteiger partial charge in [-0.2, -0.15) is 13.2 Å². The zero-order valence-electron chi connectivity index (χ0n) is 16.4. The highest BCUT2D eigenvalue weighted by molar-refractivity contribution is 5.65. The smallest absolute Gasteiger partial charge is 0.324 e. The summed E-state index contributed by atoms with van der Waals surface area (Å²) in [5.74, 6) is 0.435. The van der Waals surface area contributed by atoms with Gasteiger partial charge in [0.1, 0.15) is 0 Å². The minimum Gasteiger partial charge on any atom is -0.324 e. The third kappa shape index (κ3) is 3.64. The van der Waals surface area contributed by atoms with Gasteiger partial charge in [0.15, 0.2) is 0 Å². The van der Waals surface area contributed by atoms with Crippen LogP contribution in [0.4, 0.5) is 13.2 Å². The molecule has 154 valence electrons. The molecule has 2 aliphatic rings. The number of alkyl halides is 3. The third-order valence-corrected chi connectivity index (χ3v) is 6.33. The maximum absolute atomic E-state index is 13.0. The fraction of sp³-hybridized carbons (Fsp3) is 0.280. The number of fused-ring (bicyclic) bond motifs is 1. The summed E-state index contributed by atoms with van der Waals surface area (Å²) >= 11 is 0. The van der Waals surface area contributed by atoms with E-state index < -0.39 is 11.7 Å². The van der Waals surface area contributed by atoms with Gasteiger partial charge in [0.05, 0.1) is 5.56 Å². The predicted octanol–water partition coefficient (Wildman–Crippen LogP) is 5.96. The van der Waals surface area contributed by atoms with Crippen LogP contribution >= 0.6 is 0 Å². The molecule has 0 spiro atoms. The van der Waals surface area contributed by atoms with Crippen molar-refractivity contribution in [3.8, 4) is 11.1 Å². The van der Waals surface area contributed by atoms with Crippen LogP contribution in [0, 0.1) is 0 Å². The minimum absolute atomic E-state index is 0.0858. The molecular weight excluding hydrogens is 385 g/mol. The number of benzene rings is 3. The Labute approximate surface area is 173 Å². The number of hydrogen-bond acceptors (Lipinski definition) is 2. The Morgan fingerprint density at radius 3 is 2.27 bits per heavy atom. The summed E-state index contributed by atoms with van der Waals surface area (Å²) in [6, 6.07) is 22.5. The molecule has 0 amide bonds. The average Bonchev–Trinajstić information content (AvgIpc) is 3.44. The molecule has 2 nitrogen and oxygen atoms in total. The number of rotatable bonds is 4. The zero-order valence-corrected chi connectivity index (χ0v) is 16.4. The van der Waals surface area contributed by atoms with Crippen LogP contribution in [0.15, 0.2) is 72.8 Å². The van der Waals surface area contributed by atoms with Crippen molar-refractivity contribution in [3.05, 3.63) is 95.1 Å². The van der Waals surface area contributed by atoms with E-state index in [4.69, 9.17) is 5.73 Å². The van der Waals surface area contributed by atoms with Crippen molar-refractivity contribution in [2.24, 2.45) is 5.73 Å². The number of nitrogens with two attached hydrogens (primary N) is 1. The summed E-state index contributed by atoms with van der Waals surface area (Å²) in [5, 5.41) is 3.75. The van der Waals surface area contributed by atoms with E-state index in [0.29, 0.717) is 17.5 Å². The van der Waals surface area contributed by atoms with Crippen LogP contribution in [0.5, 0.6) is 0 Å². The lowest BCUT2D eigenvalue weighted by molar-refractivity contribution is -0.137. The summed E-state index contributed by atoms with van der Waals surface area (Å²) in [4.78, 5) is 0. The summed E-state index contributed by atoms with van der Waals surface area (Å²) in [5.41, 5.74) is 10.8. The maximum atomic E-state index is 13.0. The van der Waals surface area contributed by atoms with Crippen LogP contribution in [0.3, 0.4) is 0 Å². The van der Waals surface area contributed by atoms with E-state index in [-0.39, 0.29) is 12.1 Å². The van der Waals surface area contributed by atoms with Crippen LogP contribution in [0.1, 0.15) is 53.1 Å². The second-order valence-electron chi connectivity index (χ2n) is 8.34. The molecule has 5 heteroatoms. The van der Waals surface area contributed by atoms with E-state index in [2.05, 4.69) is 23.5 Å². The molecule has 5 rings (SSSR count). The standard InChI is InChI=1S/C25H23F3N2/c26-25(27,28)18-5-3-4-17(12-18)15-8-10-16(11-9-15)21-13-23(21)30-24-14-22(29)19-6-1-2-7-20(19)24/h1-12,21-24,30H,13-14,29H2/t21-,22?,23+,24?/m0/s1. The Morgan fingerprint density at radius 2 is 1.53 bits per heavy atom. The Bertz CT molecular complexity index is 1060. The van der Waals surface area contributed by atoms with Crippen LogP contribution in [-0.2, 0) is 6.18 Å². The molecule has 0 saturated heterocycles. The molecule has 0 radical (unpaired) electrons. The Balaban J connectivity index is 1.27. The minimum atomic E-state index is -4.33.